The van der Waals surface area contributed by atoms with Crippen molar-refractivity contribution in [2.75, 3.05) is 13.7 Å². The second kappa shape index (κ2) is 7.27. The SMILES string of the molecule is CCc1c(CC(C)CCCO)ccc(O)c1OC. The van der Waals surface area contributed by atoms with Crippen LogP contribution < -0.4 is 4.74 Å². The van der Waals surface area contributed by atoms with Crippen LogP contribution in [-0.4, -0.2) is 23.9 Å². The zero-order chi connectivity index (χ0) is 13.5. The minimum absolute atomic E-state index is 0.209. The second-order valence-electron chi connectivity index (χ2n) is 4.78. The van der Waals surface area contributed by atoms with Crippen LogP contribution in [0.3, 0.4) is 0 Å². The van der Waals surface area contributed by atoms with Gasteiger partial charge in [0.05, 0.1) is 7.11 Å². The summed E-state index contributed by atoms with van der Waals surface area (Å²) in [6, 6.07) is 3.68. The standard InChI is InChI=1S/C15H24O3/c1-4-13-12(10-11(2)6-5-9-16)7-8-14(17)15(13)18-3/h7-8,11,16-17H,4-6,9-10H2,1-3H3. The molecule has 3 heteroatoms. The van der Waals surface area contributed by atoms with Crippen LogP contribution in [0.25, 0.3) is 0 Å². The number of rotatable bonds is 7. The molecule has 18 heavy (non-hydrogen) atoms. The largest absolute Gasteiger partial charge is 0.504 e. The molecule has 0 saturated heterocycles. The summed E-state index contributed by atoms with van der Waals surface area (Å²) in [7, 11) is 1.59. The highest BCUT2D eigenvalue weighted by Crippen LogP contribution is 2.34. The van der Waals surface area contributed by atoms with Crippen LogP contribution in [0.5, 0.6) is 11.5 Å². The summed E-state index contributed by atoms with van der Waals surface area (Å²) in [6.07, 6.45) is 3.67. The van der Waals surface area contributed by atoms with Gasteiger partial charge in [-0.1, -0.05) is 19.9 Å². The van der Waals surface area contributed by atoms with Crippen molar-refractivity contribution in [1.29, 1.82) is 0 Å². The summed E-state index contributed by atoms with van der Waals surface area (Å²) in [6.45, 7) is 4.51. The van der Waals surface area contributed by atoms with E-state index in [0.717, 1.165) is 31.2 Å². The van der Waals surface area contributed by atoms with Crippen molar-refractivity contribution >= 4 is 0 Å². The number of benzene rings is 1. The molecule has 0 radical (unpaired) electrons. The van der Waals surface area contributed by atoms with Crippen molar-refractivity contribution < 1.29 is 14.9 Å². The maximum absolute atomic E-state index is 9.76. The van der Waals surface area contributed by atoms with Crippen molar-refractivity contribution in [3.05, 3.63) is 23.3 Å². The number of ether oxygens (including phenoxy) is 1. The molecule has 102 valence electrons. The first-order valence-electron chi connectivity index (χ1n) is 6.62. The van der Waals surface area contributed by atoms with Gasteiger partial charge in [0.1, 0.15) is 0 Å². The third-order valence-corrected chi connectivity index (χ3v) is 3.32. The molecule has 0 aliphatic carbocycles. The average molecular weight is 252 g/mol. The number of phenolic OH excluding ortho intramolecular Hbond substituents is 1. The maximum atomic E-state index is 9.76. The van der Waals surface area contributed by atoms with Gasteiger partial charge in [-0.3, -0.25) is 0 Å². The quantitative estimate of drug-likeness (QED) is 0.784. The normalized spacial score (nSPS) is 12.4. The summed E-state index contributed by atoms with van der Waals surface area (Å²) in [5.41, 5.74) is 2.32. The molecule has 0 aromatic heterocycles. The molecule has 0 fully saturated rings. The van der Waals surface area contributed by atoms with E-state index in [2.05, 4.69) is 13.8 Å². The van der Waals surface area contributed by atoms with E-state index < -0.39 is 0 Å². The molecule has 0 aliphatic rings. The molecule has 1 aromatic rings. The Morgan fingerprint density at radius 2 is 2.06 bits per heavy atom. The Balaban J connectivity index is 2.88. The summed E-state index contributed by atoms with van der Waals surface area (Å²) >= 11 is 0. The first-order chi connectivity index (χ1) is 8.63. The van der Waals surface area contributed by atoms with E-state index >= 15 is 0 Å². The fourth-order valence-corrected chi connectivity index (χ4v) is 2.38. The molecule has 1 unspecified atom stereocenters. The van der Waals surface area contributed by atoms with Crippen LogP contribution in [0.4, 0.5) is 0 Å². The lowest BCUT2D eigenvalue weighted by Crippen LogP contribution is -2.05. The van der Waals surface area contributed by atoms with Gasteiger partial charge in [-0.25, -0.2) is 0 Å². The van der Waals surface area contributed by atoms with Crippen molar-refractivity contribution in [1.82, 2.24) is 0 Å². The zero-order valence-corrected chi connectivity index (χ0v) is 11.6. The van der Waals surface area contributed by atoms with Gasteiger partial charge in [-0.05, 0) is 43.2 Å². The van der Waals surface area contributed by atoms with E-state index in [0.29, 0.717) is 11.7 Å². The van der Waals surface area contributed by atoms with E-state index in [1.807, 2.05) is 6.07 Å². The number of aliphatic hydroxyl groups excluding tert-OH is 1. The van der Waals surface area contributed by atoms with Crippen LogP contribution in [0.15, 0.2) is 12.1 Å². The second-order valence-corrected chi connectivity index (χ2v) is 4.78. The highest BCUT2D eigenvalue weighted by molar-refractivity contribution is 5.50. The predicted octanol–water partition coefficient (Wildman–Crippen LogP) is 2.91. The molecule has 0 amide bonds. The molecule has 0 heterocycles. The molecule has 2 N–H and O–H groups in total. The fraction of sp³-hybridized carbons (Fsp3) is 0.600. The number of aromatic hydroxyl groups is 1. The minimum Gasteiger partial charge on any atom is -0.504 e. The first-order valence-corrected chi connectivity index (χ1v) is 6.62. The number of aliphatic hydroxyl groups is 1. The zero-order valence-electron chi connectivity index (χ0n) is 11.6. The summed E-state index contributed by atoms with van der Waals surface area (Å²) < 4.78 is 5.28. The Labute approximate surface area is 109 Å². The van der Waals surface area contributed by atoms with Gasteiger partial charge in [-0.2, -0.15) is 0 Å². The molecule has 1 rings (SSSR count). The van der Waals surface area contributed by atoms with Crippen molar-refractivity contribution in [2.45, 2.75) is 39.5 Å². The van der Waals surface area contributed by atoms with Crippen LogP contribution in [0, 0.1) is 5.92 Å². The molecule has 0 saturated carbocycles. The van der Waals surface area contributed by atoms with Crippen molar-refractivity contribution in [3.8, 4) is 11.5 Å². The van der Waals surface area contributed by atoms with Crippen LogP contribution in [0.1, 0.15) is 37.8 Å². The van der Waals surface area contributed by atoms with Gasteiger partial charge in [0.25, 0.3) is 0 Å². The Morgan fingerprint density at radius 3 is 2.61 bits per heavy atom. The Kier molecular flexibility index (Phi) is 5.99. The summed E-state index contributed by atoms with van der Waals surface area (Å²) in [4.78, 5) is 0. The molecule has 1 aromatic carbocycles. The van der Waals surface area contributed by atoms with Gasteiger partial charge < -0.3 is 14.9 Å². The van der Waals surface area contributed by atoms with Gasteiger partial charge >= 0.3 is 0 Å². The van der Waals surface area contributed by atoms with E-state index in [1.54, 1.807) is 13.2 Å². The Morgan fingerprint density at radius 1 is 1.33 bits per heavy atom. The fourth-order valence-electron chi connectivity index (χ4n) is 2.38. The Hall–Kier alpha value is -1.22. The van der Waals surface area contributed by atoms with E-state index in [1.165, 1.54) is 5.56 Å². The highest BCUT2D eigenvalue weighted by atomic mass is 16.5. The van der Waals surface area contributed by atoms with Crippen molar-refractivity contribution in [3.63, 3.8) is 0 Å². The molecule has 0 aliphatic heterocycles. The third-order valence-electron chi connectivity index (χ3n) is 3.32. The molecule has 0 bridgehead atoms. The molecular weight excluding hydrogens is 228 g/mol. The van der Waals surface area contributed by atoms with Gasteiger partial charge in [0, 0.05) is 12.2 Å². The molecule has 1 atom stereocenters. The monoisotopic (exact) mass is 252 g/mol. The maximum Gasteiger partial charge on any atom is 0.163 e. The lowest BCUT2D eigenvalue weighted by atomic mass is 9.92. The third kappa shape index (κ3) is 3.64. The number of methoxy groups -OCH3 is 1. The number of hydrogen-bond donors (Lipinski definition) is 2. The van der Waals surface area contributed by atoms with E-state index in [9.17, 15) is 5.11 Å². The van der Waals surface area contributed by atoms with E-state index in [4.69, 9.17) is 9.84 Å². The summed E-state index contributed by atoms with van der Waals surface area (Å²) in [5, 5.41) is 18.6. The van der Waals surface area contributed by atoms with Gasteiger partial charge in [-0.15, -0.1) is 0 Å². The van der Waals surface area contributed by atoms with Gasteiger partial charge in [0.15, 0.2) is 11.5 Å². The number of hydrogen-bond acceptors (Lipinski definition) is 3. The minimum atomic E-state index is 0.209. The van der Waals surface area contributed by atoms with Gasteiger partial charge in [0.2, 0.25) is 0 Å². The lowest BCUT2D eigenvalue weighted by Gasteiger charge is -2.17. The smallest absolute Gasteiger partial charge is 0.163 e. The Bertz CT molecular complexity index is 374. The molecule has 0 spiro atoms. The topological polar surface area (TPSA) is 49.7 Å². The van der Waals surface area contributed by atoms with Crippen LogP contribution >= 0.6 is 0 Å². The highest BCUT2D eigenvalue weighted by Gasteiger charge is 2.14. The van der Waals surface area contributed by atoms with E-state index in [-0.39, 0.29) is 12.4 Å². The molecular formula is C15H24O3. The average Bonchev–Trinajstić information content (AvgIpc) is 2.37. The first kappa shape index (κ1) is 14.8. The van der Waals surface area contributed by atoms with Crippen LogP contribution in [0.2, 0.25) is 0 Å². The summed E-state index contributed by atoms with van der Waals surface area (Å²) in [5.74, 6) is 1.34. The predicted molar refractivity (Wildman–Crippen MR) is 73.2 cm³/mol. The lowest BCUT2D eigenvalue weighted by molar-refractivity contribution is 0.273. The number of phenols is 1. The molecule has 3 nitrogen and oxygen atoms in total. The van der Waals surface area contributed by atoms with Crippen molar-refractivity contribution in [2.24, 2.45) is 5.92 Å². The van der Waals surface area contributed by atoms with Crippen LogP contribution in [-0.2, 0) is 12.8 Å².